The van der Waals surface area contributed by atoms with Crippen LogP contribution in [0, 0.1) is 0 Å². The molecule has 3 N–H and O–H groups in total. The second-order valence-corrected chi connectivity index (χ2v) is 16.0. The van der Waals surface area contributed by atoms with Crippen LogP contribution in [0.1, 0.15) is 181 Å². The molecular weight excluding hydrogens is 737 g/mol. The fourth-order valence-electron chi connectivity index (χ4n) is 5.71. The van der Waals surface area contributed by atoms with Gasteiger partial charge in [-0.2, -0.15) is 0 Å². The molecule has 0 radical (unpaired) electrons. The lowest BCUT2D eigenvalue weighted by Crippen LogP contribution is -2.29. The highest BCUT2D eigenvalue weighted by atomic mass is 31.2. The van der Waals surface area contributed by atoms with Crippen molar-refractivity contribution in [1.29, 1.82) is 0 Å². The molecular formula is C47H82NO8P. The number of rotatable bonds is 41. The molecule has 1 unspecified atom stereocenters. The summed E-state index contributed by atoms with van der Waals surface area (Å²) in [6, 6.07) is 0. The Morgan fingerprint density at radius 1 is 0.526 bits per heavy atom. The van der Waals surface area contributed by atoms with Gasteiger partial charge in [-0.1, -0.05) is 157 Å². The number of phosphoric ester groups is 1. The summed E-state index contributed by atoms with van der Waals surface area (Å²) in [5, 5.41) is 0. The number of carbonyl (C=O) groups is 2. The molecule has 328 valence electrons. The van der Waals surface area contributed by atoms with Crippen LogP contribution in [-0.2, 0) is 32.7 Å². The Labute approximate surface area is 348 Å². The van der Waals surface area contributed by atoms with Crippen LogP contribution in [0.15, 0.2) is 72.9 Å². The molecule has 0 aliphatic carbocycles. The molecule has 9 nitrogen and oxygen atoms in total. The van der Waals surface area contributed by atoms with Crippen LogP contribution in [0.25, 0.3) is 0 Å². The average molecular weight is 820 g/mol. The van der Waals surface area contributed by atoms with E-state index in [2.05, 4.69) is 80.7 Å². The second-order valence-electron chi connectivity index (χ2n) is 14.6. The fourth-order valence-corrected chi connectivity index (χ4v) is 6.48. The molecule has 0 bridgehead atoms. The highest BCUT2D eigenvalue weighted by Crippen LogP contribution is 2.43. The number of hydrogen-bond donors (Lipinski definition) is 2. The maximum atomic E-state index is 12.6. The van der Waals surface area contributed by atoms with E-state index < -0.39 is 32.5 Å². The van der Waals surface area contributed by atoms with Gasteiger partial charge in [0.1, 0.15) is 6.61 Å². The molecule has 57 heavy (non-hydrogen) atoms. The van der Waals surface area contributed by atoms with E-state index in [1.54, 1.807) is 0 Å². The quantitative estimate of drug-likeness (QED) is 0.0267. The van der Waals surface area contributed by atoms with Crippen LogP contribution >= 0.6 is 7.82 Å². The van der Waals surface area contributed by atoms with Crippen LogP contribution in [0.3, 0.4) is 0 Å². The summed E-state index contributed by atoms with van der Waals surface area (Å²) in [6.07, 6.45) is 52.3. The van der Waals surface area contributed by atoms with Crippen molar-refractivity contribution < 1.29 is 37.6 Å². The molecule has 0 aliphatic heterocycles. The highest BCUT2D eigenvalue weighted by Gasteiger charge is 2.25. The Morgan fingerprint density at radius 2 is 0.930 bits per heavy atom. The van der Waals surface area contributed by atoms with Gasteiger partial charge in [0.15, 0.2) is 6.10 Å². The molecule has 2 atom stereocenters. The van der Waals surface area contributed by atoms with Crippen LogP contribution in [-0.4, -0.2) is 49.3 Å². The first-order valence-electron chi connectivity index (χ1n) is 22.4. The van der Waals surface area contributed by atoms with Crippen molar-refractivity contribution >= 4 is 19.8 Å². The van der Waals surface area contributed by atoms with Gasteiger partial charge < -0.3 is 20.1 Å². The topological polar surface area (TPSA) is 134 Å². The van der Waals surface area contributed by atoms with Crippen LogP contribution in [0.5, 0.6) is 0 Å². The molecule has 0 aromatic carbocycles. The van der Waals surface area contributed by atoms with Gasteiger partial charge in [0.25, 0.3) is 0 Å². The maximum absolute atomic E-state index is 12.6. The summed E-state index contributed by atoms with van der Waals surface area (Å²) in [4.78, 5) is 34.9. The van der Waals surface area contributed by atoms with Gasteiger partial charge in [-0.15, -0.1) is 0 Å². The smallest absolute Gasteiger partial charge is 0.462 e. The molecule has 10 heteroatoms. The zero-order chi connectivity index (χ0) is 41.8. The standard InChI is InChI=1S/C47H82NO8P/c1-3-5-7-9-11-13-15-17-19-20-21-22-23-24-26-28-30-32-34-36-38-40-47(50)56-45(44-55-57(51,52)54-42-41-48)43-53-46(49)39-37-35-33-31-29-27-25-18-16-14-12-10-8-6-4-2/h12,14,18-20,22-23,25-26,28,32,34,45H,3-11,13,15-17,21,24,27,29-31,33,35-44,48H2,1-2H3,(H,51,52)/b14-12+,20-19+,23-22+,25-18+,28-26+,34-32+/t45-/m1/s1. The molecule has 0 saturated carbocycles. The van der Waals surface area contributed by atoms with Crippen molar-refractivity contribution in [1.82, 2.24) is 0 Å². The molecule has 0 aromatic heterocycles. The lowest BCUT2D eigenvalue weighted by molar-refractivity contribution is -0.161. The number of esters is 2. The van der Waals surface area contributed by atoms with E-state index in [1.807, 2.05) is 6.08 Å². The SMILES string of the molecule is CCCCC/C=C/C/C=C/CCCCCCCC(=O)OC[C@H](COP(=O)(O)OCCN)OC(=O)CCC/C=C/C/C=C/C/C=C/C/C=C/CCCCCCCCC. The lowest BCUT2D eigenvalue weighted by atomic mass is 10.1. The lowest BCUT2D eigenvalue weighted by Gasteiger charge is -2.19. The van der Waals surface area contributed by atoms with Crippen LogP contribution in [0.4, 0.5) is 0 Å². The number of allylic oxidation sites excluding steroid dienone is 12. The largest absolute Gasteiger partial charge is 0.472 e. The second kappa shape index (κ2) is 43.0. The minimum Gasteiger partial charge on any atom is -0.462 e. The van der Waals surface area contributed by atoms with Gasteiger partial charge in [-0.05, 0) is 83.5 Å². The summed E-state index contributed by atoms with van der Waals surface area (Å²) in [6.45, 7) is 3.61. The number of unbranched alkanes of at least 4 members (excludes halogenated alkanes) is 16. The van der Waals surface area contributed by atoms with E-state index in [-0.39, 0.29) is 32.6 Å². The van der Waals surface area contributed by atoms with E-state index >= 15 is 0 Å². The van der Waals surface area contributed by atoms with E-state index in [0.29, 0.717) is 19.3 Å². The monoisotopic (exact) mass is 820 g/mol. The Balaban J connectivity index is 4.28. The van der Waals surface area contributed by atoms with Crippen molar-refractivity contribution in [2.24, 2.45) is 5.73 Å². The van der Waals surface area contributed by atoms with Gasteiger partial charge in [-0.3, -0.25) is 18.6 Å². The number of carbonyl (C=O) groups excluding carboxylic acids is 2. The molecule has 0 spiro atoms. The first-order chi connectivity index (χ1) is 27.8. The van der Waals surface area contributed by atoms with E-state index in [9.17, 15) is 19.0 Å². The van der Waals surface area contributed by atoms with Crippen LogP contribution < -0.4 is 5.73 Å². The van der Waals surface area contributed by atoms with Gasteiger partial charge in [0, 0.05) is 19.4 Å². The fraction of sp³-hybridized carbons (Fsp3) is 0.702. The zero-order valence-corrected chi connectivity index (χ0v) is 36.9. The maximum Gasteiger partial charge on any atom is 0.472 e. The molecule has 0 rings (SSSR count). The molecule has 0 heterocycles. The van der Waals surface area contributed by atoms with Crippen molar-refractivity contribution in [3.05, 3.63) is 72.9 Å². The summed E-state index contributed by atoms with van der Waals surface area (Å²) in [5.41, 5.74) is 5.34. The van der Waals surface area contributed by atoms with E-state index in [1.165, 1.54) is 77.0 Å². The minimum absolute atomic E-state index is 0.0394. The summed E-state index contributed by atoms with van der Waals surface area (Å²) >= 11 is 0. The van der Waals surface area contributed by atoms with Crippen molar-refractivity contribution in [2.45, 2.75) is 187 Å². The summed E-state index contributed by atoms with van der Waals surface area (Å²) < 4.78 is 32.7. The first-order valence-corrected chi connectivity index (χ1v) is 23.9. The normalized spacial score (nSPS) is 14.0. The minimum atomic E-state index is -4.40. The van der Waals surface area contributed by atoms with Crippen molar-refractivity contribution in [3.8, 4) is 0 Å². The third kappa shape index (κ3) is 42.9. The van der Waals surface area contributed by atoms with Crippen molar-refractivity contribution in [3.63, 3.8) is 0 Å². The molecule has 0 aliphatic rings. The van der Waals surface area contributed by atoms with E-state index in [0.717, 1.165) is 57.8 Å². The first kappa shape index (κ1) is 54.5. The van der Waals surface area contributed by atoms with Gasteiger partial charge >= 0.3 is 19.8 Å². The number of phosphoric acid groups is 1. The Bertz CT molecular complexity index is 1160. The van der Waals surface area contributed by atoms with Gasteiger partial charge in [-0.25, -0.2) is 4.57 Å². The Morgan fingerprint density at radius 3 is 1.44 bits per heavy atom. The van der Waals surface area contributed by atoms with E-state index in [4.69, 9.17) is 24.3 Å². The summed E-state index contributed by atoms with van der Waals surface area (Å²) in [7, 11) is -4.40. The Hall–Kier alpha value is -2.55. The predicted octanol–water partition coefficient (Wildman–Crippen LogP) is 13.1. The molecule has 0 amide bonds. The third-order valence-electron chi connectivity index (χ3n) is 9.06. The Kier molecular flexibility index (Phi) is 41.1. The highest BCUT2D eigenvalue weighted by molar-refractivity contribution is 7.47. The van der Waals surface area contributed by atoms with Crippen LogP contribution in [0.2, 0.25) is 0 Å². The van der Waals surface area contributed by atoms with Gasteiger partial charge in [0.05, 0.1) is 13.2 Å². The number of ether oxygens (including phenoxy) is 2. The third-order valence-corrected chi connectivity index (χ3v) is 10.0. The predicted molar refractivity (Wildman–Crippen MR) is 238 cm³/mol. The van der Waals surface area contributed by atoms with Gasteiger partial charge in [0.2, 0.25) is 0 Å². The zero-order valence-electron chi connectivity index (χ0n) is 36.0. The summed E-state index contributed by atoms with van der Waals surface area (Å²) in [5.74, 6) is -0.915. The number of hydrogen-bond acceptors (Lipinski definition) is 8. The average Bonchev–Trinajstić information content (AvgIpc) is 3.20. The van der Waals surface area contributed by atoms with Crippen molar-refractivity contribution in [2.75, 3.05) is 26.4 Å². The number of nitrogens with two attached hydrogens (primary N) is 1. The molecule has 0 aromatic rings. The molecule has 0 fully saturated rings. The molecule has 0 saturated heterocycles.